The molecule has 0 fully saturated rings. The average Bonchev–Trinajstić information content (AvgIpc) is 2.50. The predicted octanol–water partition coefficient (Wildman–Crippen LogP) is 1.65. The van der Waals surface area contributed by atoms with Crippen molar-refractivity contribution in [2.24, 2.45) is 5.73 Å². The van der Waals surface area contributed by atoms with Crippen LogP contribution in [0.25, 0.3) is 0 Å². The summed E-state index contributed by atoms with van der Waals surface area (Å²) in [6.07, 6.45) is 0.307. The number of ether oxygens (including phenoxy) is 1. The molecule has 6 nitrogen and oxygen atoms in total. The van der Waals surface area contributed by atoms with Gasteiger partial charge in [0.2, 0.25) is 0 Å². The molecule has 0 aliphatic carbocycles. The Morgan fingerprint density at radius 2 is 2.05 bits per heavy atom. The Morgan fingerprint density at radius 1 is 1.32 bits per heavy atom. The summed E-state index contributed by atoms with van der Waals surface area (Å²) in [5.74, 6) is -0.516. The summed E-state index contributed by atoms with van der Waals surface area (Å²) in [6, 6.07) is 5.68. The number of nitrogens with two attached hydrogens (primary N) is 1. The smallest absolute Gasteiger partial charge is 0.305 e. The summed E-state index contributed by atoms with van der Waals surface area (Å²) >= 11 is 0. The Hall–Kier alpha value is -2.08. The van der Waals surface area contributed by atoms with Gasteiger partial charge >= 0.3 is 5.97 Å². The highest BCUT2D eigenvalue weighted by Crippen LogP contribution is 2.18. The van der Waals surface area contributed by atoms with Gasteiger partial charge in [-0.1, -0.05) is 13.0 Å². The van der Waals surface area contributed by atoms with E-state index in [9.17, 15) is 9.59 Å². The molecule has 1 aromatic carbocycles. The van der Waals surface area contributed by atoms with Crippen LogP contribution in [-0.4, -0.2) is 31.0 Å². The minimum atomic E-state index is -0.294. The summed E-state index contributed by atoms with van der Waals surface area (Å²) in [5, 5.41) is 5.99. The maximum atomic E-state index is 12.2. The van der Waals surface area contributed by atoms with E-state index in [4.69, 9.17) is 10.5 Å². The fourth-order valence-corrected chi connectivity index (χ4v) is 1.88. The van der Waals surface area contributed by atoms with Gasteiger partial charge in [0, 0.05) is 42.4 Å². The van der Waals surface area contributed by atoms with Gasteiger partial charge < -0.3 is 21.1 Å². The number of carbonyl (C=O) groups excluding carboxylic acids is 2. The monoisotopic (exact) mass is 307 g/mol. The maximum absolute atomic E-state index is 12.2. The van der Waals surface area contributed by atoms with Crippen molar-refractivity contribution < 1.29 is 14.3 Å². The molecule has 0 atom stereocenters. The first-order chi connectivity index (χ1) is 10.5. The van der Waals surface area contributed by atoms with Crippen molar-refractivity contribution >= 4 is 17.6 Å². The molecule has 0 unspecified atom stereocenters. The van der Waals surface area contributed by atoms with Crippen LogP contribution < -0.4 is 16.4 Å². The number of nitrogens with one attached hydrogen (secondary N) is 2. The molecule has 1 amide bonds. The Balaban J connectivity index is 2.97. The predicted molar refractivity (Wildman–Crippen MR) is 86.7 cm³/mol. The van der Waals surface area contributed by atoms with Crippen molar-refractivity contribution in [3.8, 4) is 0 Å². The second kappa shape index (κ2) is 9.04. The molecule has 0 bridgehead atoms. The van der Waals surface area contributed by atoms with Crippen molar-refractivity contribution in [1.82, 2.24) is 5.32 Å². The van der Waals surface area contributed by atoms with Gasteiger partial charge in [-0.2, -0.15) is 0 Å². The van der Waals surface area contributed by atoms with Crippen molar-refractivity contribution in [3.63, 3.8) is 0 Å². The van der Waals surface area contributed by atoms with Crippen molar-refractivity contribution in [3.05, 3.63) is 29.3 Å². The summed E-state index contributed by atoms with van der Waals surface area (Å²) < 4.78 is 5.13. The lowest BCUT2D eigenvalue weighted by Gasteiger charge is -2.15. The molecule has 0 saturated heterocycles. The molecule has 6 heteroatoms. The standard InChI is InChI=1S/C16H25N3O3/c1-4-15(20)22-10-12-5-6-13(19-11(2)3)9-14(12)16(21)18-8-7-17/h5-6,9,11,19H,4,7-8,10,17H2,1-3H3,(H,18,21). The molecule has 122 valence electrons. The summed E-state index contributed by atoms with van der Waals surface area (Å²) in [6.45, 7) is 6.62. The van der Waals surface area contributed by atoms with Crippen LogP contribution in [0.15, 0.2) is 18.2 Å². The Morgan fingerprint density at radius 3 is 2.64 bits per heavy atom. The van der Waals surface area contributed by atoms with Gasteiger partial charge in [0.15, 0.2) is 0 Å². The molecule has 0 spiro atoms. The molecule has 0 aromatic heterocycles. The number of anilines is 1. The number of hydrogen-bond donors (Lipinski definition) is 3. The van der Waals surface area contributed by atoms with E-state index in [1.807, 2.05) is 19.9 Å². The number of hydrogen-bond acceptors (Lipinski definition) is 5. The normalized spacial score (nSPS) is 10.4. The van der Waals surface area contributed by atoms with Crippen LogP contribution in [0, 0.1) is 0 Å². The van der Waals surface area contributed by atoms with Crippen LogP contribution in [0.4, 0.5) is 5.69 Å². The van der Waals surface area contributed by atoms with Gasteiger partial charge in [-0.25, -0.2) is 0 Å². The van der Waals surface area contributed by atoms with Crippen molar-refractivity contribution in [1.29, 1.82) is 0 Å². The summed E-state index contributed by atoms with van der Waals surface area (Å²) in [7, 11) is 0. The molecule has 22 heavy (non-hydrogen) atoms. The van der Waals surface area contributed by atoms with Crippen molar-refractivity contribution in [2.75, 3.05) is 18.4 Å². The third-order valence-electron chi connectivity index (χ3n) is 2.92. The molecule has 0 aliphatic rings. The fraction of sp³-hybridized carbons (Fsp3) is 0.500. The molecule has 1 rings (SSSR count). The van der Waals surface area contributed by atoms with Gasteiger partial charge in [-0.3, -0.25) is 9.59 Å². The van der Waals surface area contributed by atoms with E-state index in [-0.39, 0.29) is 24.5 Å². The zero-order valence-electron chi connectivity index (χ0n) is 13.4. The third-order valence-corrected chi connectivity index (χ3v) is 2.92. The molecule has 0 aliphatic heterocycles. The minimum absolute atomic E-state index is 0.0833. The number of rotatable bonds is 8. The topological polar surface area (TPSA) is 93.4 Å². The Kier molecular flexibility index (Phi) is 7.39. The average molecular weight is 307 g/mol. The maximum Gasteiger partial charge on any atom is 0.305 e. The summed E-state index contributed by atoms with van der Waals surface area (Å²) in [5.41, 5.74) is 7.42. The van der Waals surface area contributed by atoms with E-state index < -0.39 is 0 Å². The quantitative estimate of drug-likeness (QED) is 0.635. The number of benzene rings is 1. The van der Waals surface area contributed by atoms with Crippen LogP contribution in [0.2, 0.25) is 0 Å². The van der Waals surface area contributed by atoms with E-state index in [0.29, 0.717) is 30.6 Å². The molecule has 0 radical (unpaired) electrons. The lowest BCUT2D eigenvalue weighted by atomic mass is 10.1. The van der Waals surface area contributed by atoms with E-state index in [1.165, 1.54) is 0 Å². The highest BCUT2D eigenvalue weighted by molar-refractivity contribution is 5.96. The van der Waals surface area contributed by atoms with Gasteiger partial charge in [0.25, 0.3) is 5.91 Å². The zero-order chi connectivity index (χ0) is 16.5. The minimum Gasteiger partial charge on any atom is -0.461 e. The third kappa shape index (κ3) is 5.73. The second-order valence-electron chi connectivity index (χ2n) is 5.23. The van der Waals surface area contributed by atoms with E-state index in [1.54, 1.807) is 19.1 Å². The first-order valence-corrected chi connectivity index (χ1v) is 7.51. The lowest BCUT2D eigenvalue weighted by molar-refractivity contribution is -0.144. The lowest BCUT2D eigenvalue weighted by Crippen LogP contribution is -2.30. The molecule has 4 N–H and O–H groups in total. The zero-order valence-corrected chi connectivity index (χ0v) is 13.4. The van der Waals surface area contributed by atoms with Crippen LogP contribution in [0.3, 0.4) is 0 Å². The number of carbonyl (C=O) groups is 2. The van der Waals surface area contributed by atoms with Gasteiger partial charge in [-0.15, -0.1) is 0 Å². The van der Waals surface area contributed by atoms with Crippen LogP contribution >= 0.6 is 0 Å². The van der Waals surface area contributed by atoms with Gasteiger partial charge in [0.1, 0.15) is 6.61 Å². The SMILES string of the molecule is CCC(=O)OCc1ccc(NC(C)C)cc1C(=O)NCCN. The first kappa shape index (κ1) is 18.0. The largest absolute Gasteiger partial charge is 0.461 e. The number of esters is 1. The second-order valence-corrected chi connectivity index (χ2v) is 5.23. The Labute approximate surface area is 131 Å². The molecule has 0 saturated carbocycles. The first-order valence-electron chi connectivity index (χ1n) is 7.51. The van der Waals surface area contributed by atoms with Crippen LogP contribution in [0.5, 0.6) is 0 Å². The molecular weight excluding hydrogens is 282 g/mol. The van der Waals surface area contributed by atoms with Gasteiger partial charge in [0.05, 0.1) is 0 Å². The highest BCUT2D eigenvalue weighted by Gasteiger charge is 2.14. The van der Waals surface area contributed by atoms with Crippen molar-refractivity contribution in [2.45, 2.75) is 39.8 Å². The molecule has 1 aromatic rings. The Bertz CT molecular complexity index is 515. The van der Waals surface area contributed by atoms with Crippen LogP contribution in [-0.2, 0) is 16.1 Å². The molecular formula is C16H25N3O3. The number of amides is 1. The van der Waals surface area contributed by atoms with E-state index in [0.717, 1.165) is 5.69 Å². The van der Waals surface area contributed by atoms with Crippen LogP contribution in [0.1, 0.15) is 43.1 Å². The van der Waals surface area contributed by atoms with Gasteiger partial charge in [-0.05, 0) is 26.0 Å². The van der Waals surface area contributed by atoms with E-state index in [2.05, 4.69) is 10.6 Å². The summed E-state index contributed by atoms with van der Waals surface area (Å²) in [4.78, 5) is 23.5. The highest BCUT2D eigenvalue weighted by atomic mass is 16.5. The molecule has 0 heterocycles. The van der Waals surface area contributed by atoms with E-state index >= 15 is 0 Å². The fourth-order valence-electron chi connectivity index (χ4n) is 1.88.